The van der Waals surface area contributed by atoms with E-state index in [9.17, 15) is 0 Å². The minimum atomic E-state index is -3.12. The molecule has 0 saturated heterocycles. The Morgan fingerprint density at radius 1 is 0.285 bits per heavy atom. The van der Waals surface area contributed by atoms with Gasteiger partial charge in [-0.3, -0.25) is 5.15 Å². The highest BCUT2D eigenvalue weighted by atomic mass is 32.1. The van der Waals surface area contributed by atoms with E-state index in [1.165, 1.54) is 87.7 Å². The zero-order valence-electron chi connectivity index (χ0n) is 69.0. The predicted octanol–water partition coefficient (Wildman–Crippen LogP) is 29.4. The van der Waals surface area contributed by atoms with Gasteiger partial charge in [-0.2, -0.15) is 0 Å². The van der Waals surface area contributed by atoms with E-state index in [2.05, 4.69) is 382 Å². The molecule has 0 aliphatic heterocycles. The molecule has 22 aromatic rings. The van der Waals surface area contributed by atoms with Crippen molar-refractivity contribution >= 4 is 204 Å². The molecule has 0 aliphatic rings. The first kappa shape index (κ1) is 78.1. The molecule has 22 rings (SSSR count). The Kier molecular flexibility index (Phi) is 23.2. The van der Waals surface area contributed by atoms with Crippen LogP contribution in [0.25, 0.3) is 108 Å². The van der Waals surface area contributed by atoms with Crippen molar-refractivity contribution in [1.82, 2.24) is 9.13 Å². The molecule has 13 heteroatoms. The van der Waals surface area contributed by atoms with Gasteiger partial charge in [-0.1, -0.05) is 334 Å². The number of aromatic nitrogens is 2. The van der Waals surface area contributed by atoms with Crippen molar-refractivity contribution in [3.63, 3.8) is 0 Å². The molecule has 1 N–H and O–H groups in total. The molecule has 3 heterocycles. The summed E-state index contributed by atoms with van der Waals surface area (Å²) in [4.78, 5) is 4.69. The molecule has 0 radical (unpaired) electrons. The fourth-order valence-corrected chi connectivity index (χ4v) is 23.6. The molecule has 0 bridgehead atoms. The molecule has 0 aliphatic carbocycles. The van der Waals surface area contributed by atoms with Gasteiger partial charge in [0.25, 0.3) is 0 Å². The predicted molar refractivity (Wildman–Crippen MR) is 540 cm³/mol. The summed E-state index contributed by atoms with van der Waals surface area (Å²) in [7, 11) is -1.25. The van der Waals surface area contributed by atoms with Crippen LogP contribution in [-0.4, -0.2) is 10.4 Å². The van der Waals surface area contributed by atoms with Gasteiger partial charge in [-0.15, -0.1) is 29.1 Å². The molecule has 0 saturated carbocycles. The largest absolute Gasteiger partial charge is 0.310 e. The highest BCUT2D eigenvalue weighted by molar-refractivity contribution is 7.92. The average Bonchev–Trinajstić information content (AvgIpc) is 1.58. The lowest BCUT2D eigenvalue weighted by molar-refractivity contribution is 0.591. The topological polar surface area (TPSA) is 74.3 Å². The molecule has 592 valence electrons. The molecular weight excluding hydrogens is 1610 g/mol. The lowest BCUT2D eigenvalue weighted by Crippen LogP contribution is -2.25. The van der Waals surface area contributed by atoms with Gasteiger partial charge in [0.05, 0.1) is 34.7 Å². The summed E-state index contributed by atoms with van der Waals surface area (Å²) in [5.74, 6) is 0. The minimum absolute atomic E-state index is 0.250. The van der Waals surface area contributed by atoms with Gasteiger partial charge in [-0.25, -0.2) is 0 Å². The average molecular weight is 1700 g/mol. The molecule has 3 aromatic heterocycles. The summed E-state index contributed by atoms with van der Waals surface area (Å²) in [6, 6.07) is 164. The van der Waals surface area contributed by atoms with Crippen LogP contribution in [0.1, 0.15) is 0 Å². The molecule has 0 amide bonds. The van der Waals surface area contributed by atoms with E-state index in [4.69, 9.17) is 2.69 Å². The lowest BCUT2D eigenvalue weighted by atomic mass is 10.0. The molecule has 7 nitrogen and oxygen atoms in total. The van der Waals surface area contributed by atoms with Crippen LogP contribution in [0.15, 0.2) is 473 Å². The van der Waals surface area contributed by atoms with Crippen molar-refractivity contribution < 1.29 is 10.5 Å². The highest BCUT2D eigenvalue weighted by Gasteiger charge is 2.33. The van der Waals surface area contributed by atoms with E-state index < -0.39 is 14.3 Å². The van der Waals surface area contributed by atoms with Crippen molar-refractivity contribution in [3.05, 3.63) is 473 Å². The summed E-state index contributed by atoms with van der Waals surface area (Å²) in [6.45, 7) is 0. The number of para-hydroxylation sites is 6. The standard InChI is InChI=1S/C44H32N2.C36H26O2P2S.C30H20N2.H2NP.H4P2/c1-3-17-37(18-4-1)45(43-23-11-15-35-13-7-9-21-41(35)43)39-29-25-33(26-30-39)34-27-31-40(32-28-34)46(38-19-5-2-6-20-38)44-24-12-16-36-14-8-10-22-42(36)44;37-39(27-13-5-1-6-14-27,28-15-7-2-8-16-28)31-21-23-35-33(25-31)34-26-32(22-24-36(34)41-35)40(38,29-17-9-3-10-18-29)30-19-11-4-12-20-30;1-5-16-27-23(12-1)24-13-2-6-17-28(24)31(27)21-10-9-11-22(20-21)32-29-18-7-3-14-25(29)26-15-4-8-19-30(26)32;2*1-2/h1-32H;1-26H;1-20H;1-2H;1-2H2/i;;;;1T/hD. The minimum Gasteiger partial charge on any atom is -0.310 e. The Hall–Kier alpha value is -13.5. The van der Waals surface area contributed by atoms with E-state index >= 15 is 9.13 Å². The second-order valence-electron chi connectivity index (χ2n) is 29.7. The third-order valence-corrected chi connectivity index (χ3v) is 30.0. The van der Waals surface area contributed by atoms with Crippen LogP contribution in [0.3, 0.4) is 0 Å². The maximum Gasteiger partial charge on any atom is 0.192 e. The Morgan fingerprint density at radius 2 is 0.545 bits per heavy atom. The Labute approximate surface area is 730 Å². The smallest absolute Gasteiger partial charge is 0.192 e. The molecular formula is C110H84N5O2P5S. The monoisotopic (exact) mass is 1700 g/mol. The van der Waals surface area contributed by atoms with E-state index in [1.807, 2.05) is 133 Å². The zero-order chi connectivity index (χ0) is 85.1. The molecule has 2 atom stereocenters. The summed E-state index contributed by atoms with van der Waals surface area (Å²) in [5.41, 5.74) is 16.4. The van der Waals surface area contributed by atoms with Crippen molar-refractivity contribution in [2.24, 2.45) is 0 Å². The van der Waals surface area contributed by atoms with Crippen LogP contribution < -0.4 is 41.6 Å². The molecule has 0 spiro atoms. The number of fused-ring (bicyclic) bond motifs is 11. The lowest BCUT2D eigenvalue weighted by Gasteiger charge is -2.27. The SMILES string of the molecule is O=P(c1ccccc1)(c1ccccc1)c1ccc2sc3ccc(P(=O)(c4ccccc4)c4ccccc4)cc3c2c1.[2H]N=P.[3H]PP.c1cc(-n2c3ccccc3c3ccccc32)cc(-n2c3ccccc3c3ccccc32)c1.c1ccc(N(c2ccc(-c3ccc(N(c4ccccc4)c4cccc5ccccc45)cc3)cc2)c2cccc3ccccc23)cc1. The number of hydrogen-bond acceptors (Lipinski definition) is 6. The third-order valence-electron chi connectivity index (χ3n) is 22.8. The summed E-state index contributed by atoms with van der Waals surface area (Å²) in [5, 5.41) is 19.5. The van der Waals surface area contributed by atoms with Crippen LogP contribution >= 0.6 is 52.5 Å². The van der Waals surface area contributed by atoms with E-state index in [0.29, 0.717) is 0 Å². The maximum atomic E-state index is 15.1. The van der Waals surface area contributed by atoms with Crippen molar-refractivity contribution in [2.45, 2.75) is 0 Å². The zero-order valence-corrected chi connectivity index (χ0v) is 72.7. The van der Waals surface area contributed by atoms with Crippen molar-refractivity contribution in [3.8, 4) is 22.5 Å². The van der Waals surface area contributed by atoms with Crippen LogP contribution in [-0.2, 0) is 9.13 Å². The number of anilines is 6. The second kappa shape index (κ2) is 36.5. The van der Waals surface area contributed by atoms with E-state index in [1.54, 1.807) is 11.3 Å². The van der Waals surface area contributed by atoms with Gasteiger partial charge in [0, 0.05) is 118 Å². The molecule has 2 unspecified atom stereocenters. The van der Waals surface area contributed by atoms with E-state index in [-0.39, 0.29) is 8.87 Å². The molecule has 19 aromatic carbocycles. The Balaban J connectivity index is 0.000000125. The van der Waals surface area contributed by atoms with Crippen LogP contribution in [0.5, 0.6) is 0 Å². The number of nitrogens with zero attached hydrogens (tertiary/aromatic N) is 4. The summed E-state index contributed by atoms with van der Waals surface area (Å²) >= 11 is 1.70. The van der Waals surface area contributed by atoms with Crippen molar-refractivity contribution in [2.75, 3.05) is 9.80 Å². The fraction of sp³-hybridized carbons (Fsp3) is 0. The third kappa shape index (κ3) is 15.7. The van der Waals surface area contributed by atoms with Crippen LogP contribution in [0.4, 0.5) is 34.1 Å². The normalized spacial score (nSPS) is 11.6. The quantitative estimate of drug-likeness (QED) is 0.104. The van der Waals surface area contributed by atoms with Gasteiger partial charge in [0.2, 0.25) is 0 Å². The number of nitrogens with one attached hydrogen (secondary N) is 1. The first-order valence-electron chi connectivity index (χ1n) is 41.6. The number of hydrogen-bond donors (Lipinski definition) is 1. The van der Waals surface area contributed by atoms with Gasteiger partial charge in [0.1, 0.15) is 0 Å². The Morgan fingerprint density at radius 3 is 0.870 bits per heavy atom. The van der Waals surface area contributed by atoms with Gasteiger partial charge in [0.15, 0.2) is 15.7 Å². The van der Waals surface area contributed by atoms with Gasteiger partial charge < -0.3 is 28.1 Å². The maximum absolute atomic E-state index is 15.1. The van der Waals surface area contributed by atoms with Crippen LogP contribution in [0.2, 0.25) is 1.41 Å². The fourth-order valence-electron chi connectivity index (χ4n) is 17.2. The Bertz CT molecular complexity index is 7010. The van der Waals surface area contributed by atoms with Gasteiger partial charge in [-0.05, 0) is 170 Å². The number of benzene rings is 19. The van der Waals surface area contributed by atoms with Crippen molar-refractivity contribution in [1.29, 1.82) is 6.43 Å². The summed E-state index contributed by atoms with van der Waals surface area (Å²) < 4.78 is 49.1. The molecule has 0 fully saturated rings. The first-order valence-corrected chi connectivity index (χ1v) is 47.7. The second-order valence-corrected chi connectivity index (χ2v) is 36.3. The number of thiophene rings is 1. The molecule has 123 heavy (non-hydrogen) atoms. The summed E-state index contributed by atoms with van der Waals surface area (Å²) in [6.07, 6.45) is 0. The van der Waals surface area contributed by atoms with Crippen LogP contribution in [0, 0.1) is 5.15 Å². The van der Waals surface area contributed by atoms with E-state index in [0.717, 1.165) is 86.1 Å². The first-order chi connectivity index (χ1) is 61.6. The highest BCUT2D eigenvalue weighted by Crippen LogP contribution is 2.49. The number of rotatable bonds is 15. The van der Waals surface area contributed by atoms with Gasteiger partial charge >= 0.3 is 0 Å².